The summed E-state index contributed by atoms with van der Waals surface area (Å²) < 4.78 is 0. The molecule has 0 spiro atoms. The van der Waals surface area contributed by atoms with E-state index in [4.69, 9.17) is 5.73 Å². The van der Waals surface area contributed by atoms with Gasteiger partial charge in [-0.1, -0.05) is 20.3 Å². The largest absolute Gasteiger partial charge is 0.354 e. The zero-order valence-corrected chi connectivity index (χ0v) is 11.8. The van der Waals surface area contributed by atoms with E-state index in [0.29, 0.717) is 13.0 Å². The molecule has 0 saturated carbocycles. The van der Waals surface area contributed by atoms with Crippen LogP contribution >= 0.6 is 0 Å². The third-order valence-electron chi connectivity index (χ3n) is 2.86. The van der Waals surface area contributed by atoms with Crippen LogP contribution in [0.1, 0.15) is 47.0 Å². The van der Waals surface area contributed by atoms with E-state index in [-0.39, 0.29) is 18.0 Å². The zero-order valence-electron chi connectivity index (χ0n) is 11.8. The Morgan fingerprint density at radius 2 is 2.00 bits per heavy atom. The smallest absolute Gasteiger partial charge is 0.221 e. The summed E-state index contributed by atoms with van der Waals surface area (Å²) in [6, 6.07) is 0.372. The van der Waals surface area contributed by atoms with E-state index in [1.165, 1.54) is 6.42 Å². The molecule has 0 fully saturated rings. The van der Waals surface area contributed by atoms with Crippen LogP contribution in [0.3, 0.4) is 0 Å². The van der Waals surface area contributed by atoms with Gasteiger partial charge in [0.25, 0.3) is 0 Å². The predicted octanol–water partition coefficient (Wildman–Crippen LogP) is 1.35. The lowest BCUT2D eigenvalue weighted by molar-refractivity contribution is -0.122. The Morgan fingerprint density at radius 3 is 2.41 bits per heavy atom. The molecule has 3 N–H and O–H groups in total. The first-order valence-electron chi connectivity index (χ1n) is 6.78. The number of unbranched alkanes of at least 4 members (excludes halogenated alkanes) is 1. The molecule has 0 aliphatic heterocycles. The Hall–Kier alpha value is -0.610. The molecule has 0 heterocycles. The molecule has 0 aromatic carbocycles. The highest BCUT2D eigenvalue weighted by atomic mass is 16.1. The van der Waals surface area contributed by atoms with Gasteiger partial charge in [0, 0.05) is 25.0 Å². The third-order valence-corrected chi connectivity index (χ3v) is 2.86. The maximum Gasteiger partial charge on any atom is 0.221 e. The molecule has 1 atom stereocenters. The van der Waals surface area contributed by atoms with E-state index in [9.17, 15) is 4.79 Å². The fourth-order valence-corrected chi connectivity index (χ4v) is 1.92. The van der Waals surface area contributed by atoms with E-state index >= 15 is 0 Å². The van der Waals surface area contributed by atoms with Gasteiger partial charge in [-0.05, 0) is 33.4 Å². The summed E-state index contributed by atoms with van der Waals surface area (Å²) >= 11 is 0. The van der Waals surface area contributed by atoms with Crippen LogP contribution in [0.25, 0.3) is 0 Å². The van der Waals surface area contributed by atoms with Gasteiger partial charge < -0.3 is 11.1 Å². The van der Waals surface area contributed by atoms with Crippen molar-refractivity contribution < 1.29 is 4.79 Å². The minimum absolute atomic E-state index is 0.102. The van der Waals surface area contributed by atoms with Crippen molar-refractivity contribution >= 4 is 5.91 Å². The summed E-state index contributed by atoms with van der Waals surface area (Å²) in [6.45, 7) is 10.8. The van der Waals surface area contributed by atoms with Crippen LogP contribution in [-0.2, 0) is 4.79 Å². The predicted molar refractivity (Wildman–Crippen MR) is 72.9 cm³/mol. The first-order valence-corrected chi connectivity index (χ1v) is 6.78. The highest BCUT2D eigenvalue weighted by Crippen LogP contribution is 2.05. The molecular weight excluding hydrogens is 214 g/mol. The summed E-state index contributed by atoms with van der Waals surface area (Å²) in [6.07, 6.45) is 2.84. The third kappa shape index (κ3) is 7.34. The van der Waals surface area contributed by atoms with Gasteiger partial charge in [0.15, 0.2) is 0 Å². The van der Waals surface area contributed by atoms with Gasteiger partial charge in [-0.25, -0.2) is 0 Å². The number of nitrogens with one attached hydrogen (secondary N) is 1. The molecule has 0 aromatic rings. The molecule has 0 saturated heterocycles. The van der Waals surface area contributed by atoms with Crippen molar-refractivity contribution in [3.63, 3.8) is 0 Å². The van der Waals surface area contributed by atoms with E-state index < -0.39 is 0 Å². The fraction of sp³-hybridized carbons (Fsp3) is 0.923. The number of carbonyl (C=O) groups excluding carboxylic acids is 1. The summed E-state index contributed by atoms with van der Waals surface area (Å²) in [7, 11) is 0. The molecule has 4 nitrogen and oxygen atoms in total. The number of nitrogens with zero attached hydrogens (tertiary/aromatic N) is 1. The topological polar surface area (TPSA) is 58.4 Å². The lowest BCUT2D eigenvalue weighted by Crippen LogP contribution is -2.45. The number of likely N-dealkylation sites (N-methyl/N-ethyl adjacent to an activating group) is 1. The minimum atomic E-state index is 0.102. The first-order chi connectivity index (χ1) is 8.04. The number of hydrogen-bond acceptors (Lipinski definition) is 3. The van der Waals surface area contributed by atoms with Gasteiger partial charge in [-0.3, -0.25) is 9.69 Å². The van der Waals surface area contributed by atoms with Gasteiger partial charge in [-0.15, -0.1) is 0 Å². The number of rotatable bonds is 9. The Labute approximate surface area is 106 Å². The van der Waals surface area contributed by atoms with Crippen LogP contribution in [-0.4, -0.2) is 42.5 Å². The van der Waals surface area contributed by atoms with Crippen LogP contribution in [0, 0.1) is 0 Å². The molecule has 0 aliphatic carbocycles. The normalized spacial score (nSPS) is 13.1. The zero-order chi connectivity index (χ0) is 13.3. The van der Waals surface area contributed by atoms with Gasteiger partial charge in [0.1, 0.15) is 0 Å². The second-order valence-corrected chi connectivity index (χ2v) is 4.80. The summed E-state index contributed by atoms with van der Waals surface area (Å²) in [5.41, 5.74) is 5.78. The van der Waals surface area contributed by atoms with Crippen molar-refractivity contribution in [2.24, 2.45) is 5.73 Å². The molecule has 102 valence electrons. The SMILES string of the molecule is CCCCN(CC)C(CN)CC(=O)NC(C)C. The highest BCUT2D eigenvalue weighted by Gasteiger charge is 2.18. The Morgan fingerprint density at radius 1 is 1.35 bits per heavy atom. The Kier molecular flexibility index (Phi) is 9.09. The average molecular weight is 243 g/mol. The number of carbonyl (C=O) groups is 1. The van der Waals surface area contributed by atoms with Gasteiger partial charge >= 0.3 is 0 Å². The van der Waals surface area contributed by atoms with Gasteiger partial charge in [0.2, 0.25) is 5.91 Å². The molecule has 0 rings (SSSR count). The Balaban J connectivity index is 4.22. The van der Waals surface area contributed by atoms with Crippen molar-refractivity contribution in [2.45, 2.75) is 59.0 Å². The molecule has 0 bridgehead atoms. The standard InChI is InChI=1S/C13H29N3O/c1-5-7-8-16(6-2)12(10-14)9-13(17)15-11(3)4/h11-12H,5-10,14H2,1-4H3,(H,15,17). The second-order valence-electron chi connectivity index (χ2n) is 4.80. The van der Waals surface area contributed by atoms with E-state index in [1.54, 1.807) is 0 Å². The van der Waals surface area contributed by atoms with Crippen LogP contribution in [0.2, 0.25) is 0 Å². The second kappa shape index (κ2) is 9.42. The number of hydrogen-bond donors (Lipinski definition) is 2. The summed E-state index contributed by atoms with van der Waals surface area (Å²) in [5, 5.41) is 2.92. The van der Waals surface area contributed by atoms with Gasteiger partial charge in [0.05, 0.1) is 0 Å². The number of amides is 1. The quantitative estimate of drug-likeness (QED) is 0.643. The minimum Gasteiger partial charge on any atom is -0.354 e. The van der Waals surface area contributed by atoms with E-state index in [0.717, 1.165) is 19.5 Å². The average Bonchev–Trinajstić information content (AvgIpc) is 2.27. The van der Waals surface area contributed by atoms with Crippen molar-refractivity contribution in [2.75, 3.05) is 19.6 Å². The van der Waals surface area contributed by atoms with Crippen molar-refractivity contribution in [3.05, 3.63) is 0 Å². The van der Waals surface area contributed by atoms with Crippen molar-refractivity contribution in [3.8, 4) is 0 Å². The molecule has 1 amide bonds. The maximum absolute atomic E-state index is 11.7. The molecule has 4 heteroatoms. The molecule has 17 heavy (non-hydrogen) atoms. The monoisotopic (exact) mass is 243 g/mol. The van der Waals surface area contributed by atoms with Crippen LogP contribution in [0.5, 0.6) is 0 Å². The molecule has 0 aromatic heterocycles. The van der Waals surface area contributed by atoms with Crippen LogP contribution in [0.15, 0.2) is 0 Å². The Bertz CT molecular complexity index is 207. The van der Waals surface area contributed by atoms with Crippen LogP contribution < -0.4 is 11.1 Å². The van der Waals surface area contributed by atoms with Gasteiger partial charge in [-0.2, -0.15) is 0 Å². The summed E-state index contributed by atoms with van der Waals surface area (Å²) in [4.78, 5) is 14.0. The first kappa shape index (κ1) is 16.4. The number of nitrogens with two attached hydrogens (primary N) is 1. The fourth-order valence-electron chi connectivity index (χ4n) is 1.92. The maximum atomic E-state index is 11.7. The van der Waals surface area contributed by atoms with E-state index in [2.05, 4.69) is 24.1 Å². The molecular formula is C13H29N3O. The van der Waals surface area contributed by atoms with Crippen LogP contribution in [0.4, 0.5) is 0 Å². The lowest BCUT2D eigenvalue weighted by Gasteiger charge is -2.29. The molecule has 0 radical (unpaired) electrons. The van der Waals surface area contributed by atoms with Crippen molar-refractivity contribution in [1.82, 2.24) is 10.2 Å². The highest BCUT2D eigenvalue weighted by molar-refractivity contribution is 5.76. The molecule has 1 unspecified atom stereocenters. The van der Waals surface area contributed by atoms with Crippen molar-refractivity contribution in [1.29, 1.82) is 0 Å². The van der Waals surface area contributed by atoms with E-state index in [1.807, 2.05) is 13.8 Å². The molecule has 0 aliphatic rings. The lowest BCUT2D eigenvalue weighted by atomic mass is 10.1. The summed E-state index contributed by atoms with van der Waals surface area (Å²) in [5.74, 6) is 0.102.